The smallest absolute Gasteiger partial charge is 0.382 e. The number of nitrogens with zero attached hydrogens (tertiary/aromatic N) is 2. The van der Waals surface area contributed by atoms with Crippen molar-refractivity contribution >= 4 is 40.6 Å². The van der Waals surface area contributed by atoms with Gasteiger partial charge >= 0.3 is 5.51 Å². The molecule has 2 heterocycles. The molecule has 0 aromatic heterocycles. The molecule has 204 valence electrons. The molecule has 2 aromatic carbocycles. The number of halogens is 4. The number of hydrogen-bond acceptors (Lipinski definition) is 4. The fraction of sp³-hybridized carbons (Fsp3) is 0.536. The second-order valence-electron chi connectivity index (χ2n) is 9.80. The van der Waals surface area contributed by atoms with Crippen LogP contribution in [0, 0.1) is 12.8 Å². The van der Waals surface area contributed by atoms with Gasteiger partial charge in [-0.05, 0) is 87.0 Å². The van der Waals surface area contributed by atoms with Crippen LogP contribution < -0.4 is 10.2 Å². The highest BCUT2D eigenvalue weighted by Crippen LogP contribution is 2.41. The quantitative estimate of drug-likeness (QED) is 0.351. The molecule has 0 atom stereocenters. The number of amides is 1. The lowest BCUT2D eigenvalue weighted by Crippen LogP contribution is -2.42. The van der Waals surface area contributed by atoms with E-state index in [-0.39, 0.29) is 41.1 Å². The highest BCUT2D eigenvalue weighted by atomic mass is 35.5. The third-order valence-corrected chi connectivity index (χ3v) is 8.39. The van der Waals surface area contributed by atoms with Crippen LogP contribution in [0.5, 0.6) is 0 Å². The molecule has 2 fully saturated rings. The van der Waals surface area contributed by atoms with Gasteiger partial charge in [0.25, 0.3) is 0 Å². The van der Waals surface area contributed by atoms with E-state index in [2.05, 4.69) is 41.4 Å². The van der Waals surface area contributed by atoms with Crippen molar-refractivity contribution in [3.05, 3.63) is 53.1 Å². The van der Waals surface area contributed by atoms with Crippen LogP contribution in [0.3, 0.4) is 0 Å². The third-order valence-electron chi connectivity index (χ3n) is 7.16. The van der Waals surface area contributed by atoms with Gasteiger partial charge in [-0.15, -0.1) is 0 Å². The largest absolute Gasteiger partial charge is 0.446 e. The van der Waals surface area contributed by atoms with Gasteiger partial charge in [-0.2, -0.15) is 13.2 Å². The average Bonchev–Trinajstić information content (AvgIpc) is 2.85. The number of piperidine rings is 2. The van der Waals surface area contributed by atoms with Gasteiger partial charge in [0.05, 0.1) is 5.02 Å². The van der Waals surface area contributed by atoms with Crippen molar-refractivity contribution in [2.45, 2.75) is 69.3 Å². The molecule has 0 radical (unpaired) electrons. The summed E-state index contributed by atoms with van der Waals surface area (Å²) in [6, 6.07) is 13.4. The Kier molecular flexibility index (Phi) is 10.5. The van der Waals surface area contributed by atoms with E-state index in [9.17, 15) is 18.0 Å². The van der Waals surface area contributed by atoms with E-state index in [1.165, 1.54) is 23.4 Å². The number of hydrogen-bond donors (Lipinski definition) is 1. The maximum Gasteiger partial charge on any atom is 0.446 e. The summed E-state index contributed by atoms with van der Waals surface area (Å²) in [4.78, 5) is 17.2. The number of anilines is 2. The Balaban J connectivity index is 0.00000380. The summed E-state index contributed by atoms with van der Waals surface area (Å²) in [5.74, 6) is 0.799. The first-order valence-corrected chi connectivity index (χ1v) is 13.8. The van der Waals surface area contributed by atoms with Gasteiger partial charge in [-0.25, -0.2) is 0 Å². The van der Waals surface area contributed by atoms with Crippen molar-refractivity contribution < 1.29 is 18.0 Å². The zero-order valence-electron chi connectivity index (χ0n) is 20.5. The van der Waals surface area contributed by atoms with Gasteiger partial charge in [-0.3, -0.25) is 4.79 Å². The highest BCUT2D eigenvalue weighted by Gasteiger charge is 2.31. The van der Waals surface area contributed by atoms with Crippen molar-refractivity contribution in [3.63, 3.8) is 0 Å². The van der Waals surface area contributed by atoms with Crippen molar-refractivity contribution in [2.75, 3.05) is 36.4 Å². The number of carbonyl (C=O) groups excluding carboxylic acids is 1. The van der Waals surface area contributed by atoms with E-state index in [0.29, 0.717) is 31.1 Å². The number of rotatable bonds is 7. The van der Waals surface area contributed by atoms with E-state index in [4.69, 9.17) is 11.6 Å². The summed E-state index contributed by atoms with van der Waals surface area (Å²) < 4.78 is 38.3. The lowest BCUT2D eigenvalue weighted by atomic mass is 9.91. The fourth-order valence-electron chi connectivity index (χ4n) is 5.03. The SMILES string of the molecule is C.Cc1ccc(N2CCC(CCC(=O)N3CCC(Nc4ccc(Cl)c(SC(F)(F)F)c4)CC3)CC2)cc1. The second kappa shape index (κ2) is 13.1. The Morgan fingerprint density at radius 1 is 1.03 bits per heavy atom. The molecule has 1 N–H and O–H groups in total. The van der Waals surface area contributed by atoms with Crippen LogP contribution in [0.1, 0.15) is 51.5 Å². The number of carbonyl (C=O) groups is 1. The lowest BCUT2D eigenvalue weighted by Gasteiger charge is -2.35. The van der Waals surface area contributed by atoms with Crippen LogP contribution in [-0.2, 0) is 4.79 Å². The number of likely N-dealkylation sites (tertiary alicyclic amines) is 1. The van der Waals surface area contributed by atoms with Gasteiger partial charge in [0.15, 0.2) is 0 Å². The third kappa shape index (κ3) is 8.74. The number of benzene rings is 2. The van der Waals surface area contributed by atoms with Crippen LogP contribution in [-0.4, -0.2) is 48.5 Å². The van der Waals surface area contributed by atoms with E-state index < -0.39 is 5.51 Å². The number of aryl methyl sites for hydroxylation is 1. The molecule has 9 heteroatoms. The van der Waals surface area contributed by atoms with Gasteiger partial charge in [-0.1, -0.05) is 36.7 Å². The predicted molar refractivity (Wildman–Crippen MR) is 149 cm³/mol. The topological polar surface area (TPSA) is 35.6 Å². The Morgan fingerprint density at radius 3 is 2.30 bits per heavy atom. The normalized spacial score (nSPS) is 17.4. The zero-order chi connectivity index (χ0) is 25.7. The number of nitrogens with one attached hydrogen (secondary N) is 1. The molecule has 1 amide bonds. The molecule has 37 heavy (non-hydrogen) atoms. The first-order valence-electron chi connectivity index (χ1n) is 12.6. The molecule has 4 rings (SSSR count). The molecule has 0 saturated carbocycles. The molecule has 0 aliphatic carbocycles. The highest BCUT2D eigenvalue weighted by molar-refractivity contribution is 8.00. The summed E-state index contributed by atoms with van der Waals surface area (Å²) in [5, 5.41) is 3.40. The number of thioether (sulfide) groups is 1. The second-order valence-corrected chi connectivity index (χ2v) is 11.3. The Hall–Kier alpha value is -2.06. The van der Waals surface area contributed by atoms with E-state index >= 15 is 0 Å². The van der Waals surface area contributed by atoms with Crippen LogP contribution in [0.4, 0.5) is 24.5 Å². The van der Waals surface area contributed by atoms with Gasteiger partial charge < -0.3 is 15.1 Å². The first-order chi connectivity index (χ1) is 17.2. The predicted octanol–water partition coefficient (Wildman–Crippen LogP) is 8.00. The summed E-state index contributed by atoms with van der Waals surface area (Å²) in [5.41, 5.74) is -1.22. The van der Waals surface area contributed by atoms with Gasteiger partial charge in [0.1, 0.15) is 0 Å². The Morgan fingerprint density at radius 2 is 1.68 bits per heavy atom. The molecule has 2 saturated heterocycles. The summed E-state index contributed by atoms with van der Waals surface area (Å²) in [7, 11) is 0. The van der Waals surface area contributed by atoms with Gasteiger partial charge in [0.2, 0.25) is 5.91 Å². The van der Waals surface area contributed by atoms with Crippen LogP contribution >= 0.6 is 23.4 Å². The monoisotopic (exact) mass is 555 g/mol. The zero-order valence-corrected chi connectivity index (χ0v) is 22.1. The minimum Gasteiger partial charge on any atom is -0.382 e. The molecule has 0 unspecified atom stereocenters. The van der Waals surface area contributed by atoms with Crippen LogP contribution in [0.15, 0.2) is 47.4 Å². The van der Waals surface area contributed by atoms with Crippen molar-refractivity contribution in [3.8, 4) is 0 Å². The fourth-order valence-corrected chi connectivity index (χ4v) is 5.86. The average molecular weight is 556 g/mol. The standard InChI is InChI=1S/C27H33ClF3N3OS.CH4/c1-19-2-6-23(7-3-19)33-14-10-20(11-15-33)4-9-26(35)34-16-12-21(13-17-34)32-22-5-8-24(28)25(18-22)36-27(29,30)31;/h2-3,5-8,18,20-21,32H,4,9-17H2,1H3;1H4. The maximum atomic E-state index is 12.8. The summed E-state index contributed by atoms with van der Waals surface area (Å²) in [6.07, 6.45) is 5.29. The van der Waals surface area contributed by atoms with E-state index in [0.717, 1.165) is 45.2 Å². The number of alkyl halides is 3. The molecule has 2 aliphatic heterocycles. The minimum absolute atomic E-state index is 0. The summed E-state index contributed by atoms with van der Waals surface area (Å²) >= 11 is 5.73. The molecular formula is C28H37ClF3N3OS. The minimum atomic E-state index is -4.38. The molecule has 0 bridgehead atoms. The van der Waals surface area contributed by atoms with Crippen LogP contribution in [0.2, 0.25) is 5.02 Å². The molecule has 4 nitrogen and oxygen atoms in total. The molecule has 2 aromatic rings. The van der Waals surface area contributed by atoms with E-state index in [1.807, 2.05) is 4.90 Å². The molecule has 2 aliphatic rings. The van der Waals surface area contributed by atoms with Crippen molar-refractivity contribution in [2.24, 2.45) is 5.92 Å². The maximum absolute atomic E-state index is 12.8. The summed E-state index contributed by atoms with van der Waals surface area (Å²) in [6.45, 7) is 5.50. The van der Waals surface area contributed by atoms with Crippen molar-refractivity contribution in [1.82, 2.24) is 4.90 Å². The Bertz CT molecular complexity index is 1020. The van der Waals surface area contributed by atoms with Crippen LogP contribution in [0.25, 0.3) is 0 Å². The lowest BCUT2D eigenvalue weighted by molar-refractivity contribution is -0.132. The van der Waals surface area contributed by atoms with Crippen molar-refractivity contribution in [1.29, 1.82) is 0 Å². The van der Waals surface area contributed by atoms with E-state index in [1.54, 1.807) is 6.07 Å². The Labute approximate surface area is 227 Å². The molecular weight excluding hydrogens is 519 g/mol. The molecule has 0 spiro atoms. The van der Waals surface area contributed by atoms with Gasteiger partial charge in [0, 0.05) is 54.9 Å². The first kappa shape index (κ1) is 29.5.